The first-order valence-corrected chi connectivity index (χ1v) is 15.3. The lowest BCUT2D eigenvalue weighted by Gasteiger charge is -2.36. The lowest BCUT2D eigenvalue weighted by molar-refractivity contribution is -0.124. The number of halogens is 4. The predicted molar refractivity (Wildman–Crippen MR) is 168 cm³/mol. The minimum atomic E-state index is -4.58. The molecular formula is C36H35F4N3O2. The molecule has 1 heterocycles. The van der Waals surface area contributed by atoms with Gasteiger partial charge in [-0.15, -0.1) is 0 Å². The van der Waals surface area contributed by atoms with Gasteiger partial charge in [0.1, 0.15) is 12.4 Å². The molecule has 6 rings (SSSR count). The number of piperazine rings is 1. The van der Waals surface area contributed by atoms with Crippen molar-refractivity contribution in [3.63, 3.8) is 0 Å². The molecule has 0 bridgehead atoms. The molecule has 1 N–H and O–H groups in total. The van der Waals surface area contributed by atoms with Crippen LogP contribution in [0.25, 0.3) is 22.3 Å². The summed E-state index contributed by atoms with van der Waals surface area (Å²) in [5.74, 6) is -0.502. The topological polar surface area (TPSA) is 44.8 Å². The van der Waals surface area contributed by atoms with Gasteiger partial charge in [0.15, 0.2) is 5.60 Å². The molecule has 1 aliphatic carbocycles. The fraction of sp³-hybridized carbons (Fsp3) is 0.306. The number of rotatable bonds is 9. The molecule has 1 amide bonds. The van der Waals surface area contributed by atoms with Crippen molar-refractivity contribution >= 4 is 11.8 Å². The minimum absolute atomic E-state index is 0.313. The van der Waals surface area contributed by atoms with Crippen LogP contribution in [0.5, 0.6) is 0 Å². The summed E-state index contributed by atoms with van der Waals surface area (Å²) >= 11 is 0. The maximum atomic E-state index is 14.5. The molecule has 45 heavy (non-hydrogen) atoms. The highest BCUT2D eigenvalue weighted by Gasteiger charge is 2.47. The van der Waals surface area contributed by atoms with E-state index < -0.39 is 30.2 Å². The van der Waals surface area contributed by atoms with E-state index in [1.165, 1.54) is 28.9 Å². The van der Waals surface area contributed by atoms with Crippen LogP contribution in [0.2, 0.25) is 0 Å². The smallest absolute Gasteiger partial charge is 0.408 e. The Bertz CT molecular complexity index is 1620. The average molecular weight is 618 g/mol. The fourth-order valence-electron chi connectivity index (χ4n) is 6.53. The summed E-state index contributed by atoms with van der Waals surface area (Å²) in [5, 5.41) is 1.83. The van der Waals surface area contributed by atoms with Crippen molar-refractivity contribution in [2.45, 2.75) is 31.0 Å². The van der Waals surface area contributed by atoms with E-state index in [0.717, 1.165) is 44.7 Å². The molecule has 1 fully saturated rings. The first-order valence-electron chi connectivity index (χ1n) is 15.3. The largest absolute Gasteiger partial charge is 0.433 e. The lowest BCUT2D eigenvalue weighted by atomic mass is 9.86. The van der Waals surface area contributed by atoms with Crippen molar-refractivity contribution in [3.8, 4) is 22.3 Å². The second-order valence-corrected chi connectivity index (χ2v) is 11.6. The Morgan fingerprint density at radius 1 is 0.778 bits per heavy atom. The lowest BCUT2D eigenvalue weighted by Crippen LogP contribution is -2.46. The second-order valence-electron chi connectivity index (χ2n) is 11.6. The monoisotopic (exact) mass is 617 g/mol. The Morgan fingerprint density at radius 2 is 1.44 bits per heavy atom. The van der Waals surface area contributed by atoms with Gasteiger partial charge in [0, 0.05) is 43.0 Å². The number of nitrogens with one attached hydrogen (secondary N) is 1. The fourth-order valence-corrected chi connectivity index (χ4v) is 6.53. The van der Waals surface area contributed by atoms with E-state index >= 15 is 0 Å². The molecule has 1 atom stereocenters. The van der Waals surface area contributed by atoms with E-state index in [1.807, 2.05) is 35.6 Å². The highest BCUT2D eigenvalue weighted by atomic mass is 19.4. The third-order valence-electron chi connectivity index (χ3n) is 8.73. The molecule has 0 spiro atoms. The van der Waals surface area contributed by atoms with Crippen molar-refractivity contribution in [2.75, 3.05) is 44.2 Å². The van der Waals surface area contributed by atoms with E-state index in [2.05, 4.69) is 46.2 Å². The van der Waals surface area contributed by atoms with Crippen LogP contribution in [0.1, 0.15) is 30.4 Å². The zero-order valence-electron chi connectivity index (χ0n) is 24.8. The summed E-state index contributed by atoms with van der Waals surface area (Å²) < 4.78 is 59.0. The molecule has 4 aromatic rings. The Labute approximate surface area is 260 Å². The maximum absolute atomic E-state index is 14.5. The number of hydrogen-bond donors (Lipinski definition) is 1. The highest BCUT2D eigenvalue weighted by Crippen LogP contribution is 2.52. The zero-order valence-corrected chi connectivity index (χ0v) is 24.8. The van der Waals surface area contributed by atoms with Crippen LogP contribution in [0.15, 0.2) is 97.1 Å². The molecule has 1 unspecified atom stereocenters. The molecule has 5 nitrogen and oxygen atoms in total. The Hall–Kier alpha value is -4.37. The molecule has 1 aliphatic heterocycles. The van der Waals surface area contributed by atoms with Crippen LogP contribution in [0, 0.1) is 5.82 Å². The Kier molecular flexibility index (Phi) is 8.81. The van der Waals surface area contributed by atoms with Gasteiger partial charge in [-0.3, -0.25) is 4.90 Å². The Morgan fingerprint density at radius 3 is 2.18 bits per heavy atom. The number of unbranched alkanes of at least 4 members (excludes halogenated alkanes) is 1. The van der Waals surface area contributed by atoms with Gasteiger partial charge in [-0.25, -0.2) is 9.18 Å². The first-order chi connectivity index (χ1) is 21.7. The summed E-state index contributed by atoms with van der Waals surface area (Å²) in [5.41, 5.74) is 4.78. The van der Waals surface area contributed by atoms with Gasteiger partial charge in [-0.05, 0) is 72.3 Å². The SMILES string of the molecule is O=C(NCC(F)(F)F)OC1(CCCCN2CCN(c3ccc(-c4ccccc4)cc3)CC2)c2ccccc2-c2ccc(F)cc21. The molecule has 1 saturated heterocycles. The van der Waals surface area contributed by atoms with Gasteiger partial charge in [-0.2, -0.15) is 13.2 Å². The number of alkyl halides is 3. The summed E-state index contributed by atoms with van der Waals surface area (Å²) in [7, 11) is 0. The van der Waals surface area contributed by atoms with Crippen LogP contribution < -0.4 is 10.2 Å². The molecule has 234 valence electrons. The summed E-state index contributed by atoms with van der Waals surface area (Å²) in [6.07, 6.45) is -4.05. The number of carbonyl (C=O) groups is 1. The number of benzene rings is 4. The van der Waals surface area contributed by atoms with Gasteiger partial charge in [0.25, 0.3) is 0 Å². The number of amides is 1. The number of fused-ring (bicyclic) bond motifs is 3. The number of carbonyl (C=O) groups excluding carboxylic acids is 1. The van der Waals surface area contributed by atoms with Gasteiger partial charge in [0.2, 0.25) is 0 Å². The van der Waals surface area contributed by atoms with Crippen LogP contribution in [0.3, 0.4) is 0 Å². The maximum Gasteiger partial charge on any atom is 0.408 e. The summed E-state index contributed by atoms with van der Waals surface area (Å²) in [6.45, 7) is 2.92. The second kappa shape index (κ2) is 12.9. The standard InChI is InChI=1S/C36H35F4N3O2/c37-28-14-17-31-30-10-4-5-11-32(30)35(33(31)24-28,45-34(44)41-25-36(38,39)40)18-6-7-19-42-20-22-43(23-21-42)29-15-12-27(13-16-29)26-8-2-1-3-9-26/h1-5,8-17,24H,6-7,18-23,25H2,(H,41,44). The van der Waals surface area contributed by atoms with E-state index in [9.17, 15) is 22.4 Å². The zero-order chi connectivity index (χ0) is 31.4. The molecule has 2 aliphatic rings. The molecule has 0 radical (unpaired) electrons. The molecule has 9 heteroatoms. The van der Waals surface area contributed by atoms with Crippen LogP contribution in [0.4, 0.5) is 28.0 Å². The van der Waals surface area contributed by atoms with E-state index in [1.54, 1.807) is 18.2 Å². The molecule has 0 saturated carbocycles. The van der Waals surface area contributed by atoms with Crippen molar-refractivity contribution in [3.05, 3.63) is 114 Å². The molecular weight excluding hydrogens is 582 g/mol. The highest BCUT2D eigenvalue weighted by molar-refractivity contribution is 5.82. The molecule has 0 aromatic heterocycles. The average Bonchev–Trinajstić information content (AvgIpc) is 3.31. The molecule has 4 aromatic carbocycles. The number of anilines is 1. The Balaban J connectivity index is 1.09. The third-order valence-corrected chi connectivity index (χ3v) is 8.73. The van der Waals surface area contributed by atoms with Gasteiger partial charge in [-0.1, -0.05) is 72.8 Å². The van der Waals surface area contributed by atoms with E-state index in [4.69, 9.17) is 4.74 Å². The minimum Gasteiger partial charge on any atom is -0.433 e. The first kappa shape index (κ1) is 30.6. The number of ether oxygens (including phenoxy) is 1. The van der Waals surface area contributed by atoms with Gasteiger partial charge < -0.3 is 15.0 Å². The number of alkyl carbamates (subject to hydrolysis) is 1. The predicted octanol–water partition coefficient (Wildman–Crippen LogP) is 8.00. The van der Waals surface area contributed by atoms with Gasteiger partial charge in [0.05, 0.1) is 0 Å². The third kappa shape index (κ3) is 6.83. The van der Waals surface area contributed by atoms with Crippen molar-refractivity contribution < 1.29 is 27.1 Å². The van der Waals surface area contributed by atoms with Gasteiger partial charge >= 0.3 is 12.3 Å². The van der Waals surface area contributed by atoms with Crippen LogP contribution in [-0.4, -0.2) is 56.4 Å². The van der Waals surface area contributed by atoms with E-state index in [-0.39, 0.29) is 0 Å². The van der Waals surface area contributed by atoms with Crippen LogP contribution in [-0.2, 0) is 10.3 Å². The number of hydrogen-bond acceptors (Lipinski definition) is 4. The summed E-state index contributed by atoms with van der Waals surface area (Å²) in [4.78, 5) is 17.5. The van der Waals surface area contributed by atoms with E-state index in [0.29, 0.717) is 29.5 Å². The quantitative estimate of drug-likeness (QED) is 0.153. The number of nitrogens with zero attached hydrogens (tertiary/aromatic N) is 2. The summed E-state index contributed by atoms with van der Waals surface area (Å²) in [6, 6.07) is 30.5. The van der Waals surface area contributed by atoms with Crippen molar-refractivity contribution in [1.82, 2.24) is 10.2 Å². The normalized spacial score (nSPS) is 17.9. The van der Waals surface area contributed by atoms with Crippen LogP contribution >= 0.6 is 0 Å². The van der Waals surface area contributed by atoms with Crippen molar-refractivity contribution in [2.24, 2.45) is 0 Å². The van der Waals surface area contributed by atoms with Crippen molar-refractivity contribution in [1.29, 1.82) is 0 Å².